The van der Waals surface area contributed by atoms with Gasteiger partial charge in [0.05, 0.1) is 18.3 Å². The van der Waals surface area contributed by atoms with Gasteiger partial charge >= 0.3 is 5.69 Å². The number of unbranched alkanes of at least 4 members (excludes halogenated alkanes) is 3. The van der Waals surface area contributed by atoms with Gasteiger partial charge in [-0.15, -0.1) is 0 Å². The van der Waals surface area contributed by atoms with Crippen molar-refractivity contribution in [2.24, 2.45) is 5.92 Å². The Morgan fingerprint density at radius 2 is 1.90 bits per heavy atom. The number of hydrogen-bond donors (Lipinski definition) is 4. The lowest BCUT2D eigenvalue weighted by Crippen LogP contribution is -2.33. The number of nitrogens with zero attached hydrogens (tertiary/aromatic N) is 1. The number of H-pyrrole nitrogens is 1. The normalized spacial score (nSPS) is 20.8. The molecule has 10 nitrogen and oxygen atoms in total. The zero-order valence-electron chi connectivity index (χ0n) is 18.1. The molecule has 1 fully saturated rings. The van der Waals surface area contributed by atoms with Crippen LogP contribution in [0.1, 0.15) is 57.7 Å². The van der Waals surface area contributed by atoms with E-state index < -0.39 is 17.5 Å². The van der Waals surface area contributed by atoms with Crippen molar-refractivity contribution in [3.05, 3.63) is 38.7 Å². The zero-order valence-corrected chi connectivity index (χ0v) is 18.1. The van der Waals surface area contributed by atoms with Crippen LogP contribution in [-0.2, 0) is 14.3 Å². The average Bonchev–Trinajstić information content (AvgIpc) is 3.09. The molecule has 1 aromatic rings. The summed E-state index contributed by atoms with van der Waals surface area (Å²) in [5, 5.41) is 14.8. The fraction of sp³-hybridized carbons (Fsp3) is 0.619. The van der Waals surface area contributed by atoms with E-state index in [1.165, 1.54) is 29.8 Å². The number of rotatable bonds is 11. The first-order valence-corrected chi connectivity index (χ1v) is 10.6. The van der Waals surface area contributed by atoms with Crippen molar-refractivity contribution in [2.75, 3.05) is 19.7 Å². The highest BCUT2D eigenvalue weighted by Gasteiger charge is 2.33. The van der Waals surface area contributed by atoms with Gasteiger partial charge in [0, 0.05) is 32.3 Å². The maximum absolute atomic E-state index is 12.2. The van der Waals surface area contributed by atoms with Crippen molar-refractivity contribution in [3.8, 4) is 0 Å². The number of amides is 2. The second-order valence-electron chi connectivity index (χ2n) is 7.80. The molecule has 2 heterocycles. The first-order valence-electron chi connectivity index (χ1n) is 10.6. The van der Waals surface area contributed by atoms with Gasteiger partial charge < -0.3 is 20.5 Å². The molecular formula is C21H32N4O6. The molecule has 172 valence electrons. The third kappa shape index (κ3) is 7.80. The number of carbonyl (C=O) groups excluding carboxylic acids is 2. The zero-order chi connectivity index (χ0) is 22.8. The molecule has 0 aromatic carbocycles. The molecule has 0 saturated carbocycles. The van der Waals surface area contributed by atoms with E-state index in [1.54, 1.807) is 0 Å². The van der Waals surface area contributed by atoms with E-state index in [2.05, 4.69) is 15.6 Å². The molecule has 2 rings (SSSR count). The summed E-state index contributed by atoms with van der Waals surface area (Å²) in [5.41, 5.74) is -1.02. The molecule has 31 heavy (non-hydrogen) atoms. The Morgan fingerprint density at radius 1 is 1.23 bits per heavy atom. The van der Waals surface area contributed by atoms with Gasteiger partial charge in [-0.3, -0.25) is 23.9 Å². The van der Waals surface area contributed by atoms with E-state index in [0.717, 1.165) is 25.7 Å². The average molecular weight is 437 g/mol. The molecule has 0 bridgehead atoms. The lowest BCUT2D eigenvalue weighted by molar-refractivity contribution is -0.119. The van der Waals surface area contributed by atoms with E-state index in [1.807, 2.05) is 6.92 Å². The Balaban J connectivity index is 1.84. The highest BCUT2D eigenvalue weighted by molar-refractivity contribution is 5.91. The minimum Gasteiger partial charge on any atom is -0.394 e. The van der Waals surface area contributed by atoms with Gasteiger partial charge in [-0.05, 0) is 31.3 Å². The Morgan fingerprint density at radius 3 is 2.52 bits per heavy atom. The summed E-state index contributed by atoms with van der Waals surface area (Å²) in [6.45, 7) is 4.44. The third-order valence-electron chi connectivity index (χ3n) is 5.22. The Kier molecular flexibility index (Phi) is 9.67. The van der Waals surface area contributed by atoms with Crippen LogP contribution in [0.25, 0.3) is 6.08 Å². The minimum absolute atomic E-state index is 0.0343. The molecule has 0 radical (unpaired) electrons. The highest BCUT2D eigenvalue weighted by atomic mass is 16.5. The van der Waals surface area contributed by atoms with Crippen molar-refractivity contribution in [2.45, 2.75) is 58.3 Å². The van der Waals surface area contributed by atoms with Crippen LogP contribution in [0.5, 0.6) is 0 Å². The molecule has 2 amide bonds. The van der Waals surface area contributed by atoms with Crippen LogP contribution in [0.4, 0.5) is 0 Å². The van der Waals surface area contributed by atoms with E-state index in [-0.39, 0.29) is 36.0 Å². The monoisotopic (exact) mass is 436 g/mol. The van der Waals surface area contributed by atoms with E-state index in [4.69, 9.17) is 4.74 Å². The van der Waals surface area contributed by atoms with Crippen LogP contribution < -0.4 is 21.9 Å². The summed E-state index contributed by atoms with van der Waals surface area (Å²) < 4.78 is 6.97. The lowest BCUT2D eigenvalue weighted by Gasteiger charge is -2.15. The second kappa shape index (κ2) is 12.2. The van der Waals surface area contributed by atoms with Gasteiger partial charge in [0.1, 0.15) is 6.23 Å². The van der Waals surface area contributed by atoms with Crippen molar-refractivity contribution in [1.29, 1.82) is 0 Å². The number of aliphatic hydroxyl groups excluding tert-OH is 1. The predicted octanol–water partition coefficient (Wildman–Crippen LogP) is 0.278. The molecule has 3 atom stereocenters. The summed E-state index contributed by atoms with van der Waals surface area (Å²) in [5.74, 6) is -0.293. The SMILES string of the molecule is CC(=O)NCCCCCCNC(=O)/C=C/c1cn([C@H]2CC(C)[C@@H](CO)O2)c(=O)[nH]c1=O. The maximum atomic E-state index is 12.2. The van der Waals surface area contributed by atoms with Gasteiger partial charge in [0.25, 0.3) is 5.56 Å². The first-order chi connectivity index (χ1) is 14.8. The summed E-state index contributed by atoms with van der Waals surface area (Å²) in [6, 6.07) is 0. The molecule has 1 aromatic heterocycles. The van der Waals surface area contributed by atoms with Crippen LogP contribution in [0, 0.1) is 5.92 Å². The first kappa shape index (κ1) is 24.5. The number of aromatic nitrogens is 2. The van der Waals surface area contributed by atoms with Crippen LogP contribution in [0.15, 0.2) is 21.9 Å². The Hall–Kier alpha value is -2.72. The minimum atomic E-state index is -0.596. The van der Waals surface area contributed by atoms with Crippen LogP contribution in [-0.4, -0.2) is 52.3 Å². The van der Waals surface area contributed by atoms with Crippen molar-refractivity contribution in [3.63, 3.8) is 0 Å². The summed E-state index contributed by atoms with van der Waals surface area (Å²) in [6.07, 6.45) is 7.18. The second-order valence-corrected chi connectivity index (χ2v) is 7.80. The number of aromatic amines is 1. The van der Waals surface area contributed by atoms with Crippen LogP contribution in [0.3, 0.4) is 0 Å². The summed E-state index contributed by atoms with van der Waals surface area (Å²) in [7, 11) is 0. The molecule has 0 spiro atoms. The molecule has 1 saturated heterocycles. The van der Waals surface area contributed by atoms with Crippen molar-refractivity contribution >= 4 is 17.9 Å². The largest absolute Gasteiger partial charge is 0.394 e. The smallest absolute Gasteiger partial charge is 0.330 e. The van der Waals surface area contributed by atoms with Gasteiger partial charge in [0.15, 0.2) is 0 Å². The quantitative estimate of drug-likeness (QED) is 0.290. The molecule has 1 aliphatic rings. The molecule has 1 unspecified atom stereocenters. The fourth-order valence-electron chi connectivity index (χ4n) is 3.40. The molecule has 4 N–H and O–H groups in total. The third-order valence-corrected chi connectivity index (χ3v) is 5.22. The summed E-state index contributed by atoms with van der Waals surface area (Å²) >= 11 is 0. The van der Waals surface area contributed by atoms with E-state index in [0.29, 0.717) is 19.5 Å². The Labute approximate surface area is 180 Å². The standard InChI is InChI=1S/C21H32N4O6/c1-14-11-19(31-17(14)13-26)25-12-16(20(29)24-21(25)30)7-8-18(28)23-10-6-4-3-5-9-22-15(2)27/h7-8,12,14,17,19,26H,3-6,9-11,13H2,1-2H3,(H,22,27)(H,23,28)(H,24,29,30)/b8-7+/t14?,17-,19-/m1/s1. The number of hydrogen-bond acceptors (Lipinski definition) is 6. The lowest BCUT2D eigenvalue weighted by atomic mass is 10.0. The fourth-order valence-corrected chi connectivity index (χ4v) is 3.40. The number of carbonyl (C=O) groups is 2. The summed E-state index contributed by atoms with van der Waals surface area (Å²) in [4.78, 5) is 49.2. The molecular weight excluding hydrogens is 404 g/mol. The predicted molar refractivity (Wildman–Crippen MR) is 115 cm³/mol. The molecule has 1 aliphatic heterocycles. The number of aliphatic hydroxyl groups is 1. The van der Waals surface area contributed by atoms with Crippen molar-refractivity contribution < 1.29 is 19.4 Å². The van der Waals surface area contributed by atoms with Crippen LogP contribution in [0.2, 0.25) is 0 Å². The van der Waals surface area contributed by atoms with E-state index >= 15 is 0 Å². The molecule has 0 aliphatic carbocycles. The Bertz CT molecular complexity index is 891. The number of nitrogens with one attached hydrogen (secondary N) is 3. The highest BCUT2D eigenvalue weighted by Crippen LogP contribution is 2.31. The van der Waals surface area contributed by atoms with Crippen LogP contribution >= 0.6 is 0 Å². The maximum Gasteiger partial charge on any atom is 0.330 e. The van der Waals surface area contributed by atoms with Gasteiger partial charge in [-0.25, -0.2) is 4.79 Å². The van der Waals surface area contributed by atoms with Crippen molar-refractivity contribution in [1.82, 2.24) is 20.2 Å². The van der Waals surface area contributed by atoms with E-state index in [9.17, 15) is 24.3 Å². The topological polar surface area (TPSA) is 143 Å². The van der Waals surface area contributed by atoms with Gasteiger partial charge in [-0.1, -0.05) is 19.8 Å². The number of ether oxygens (including phenoxy) is 1. The van der Waals surface area contributed by atoms with Gasteiger partial charge in [-0.2, -0.15) is 0 Å². The molecule has 10 heteroatoms. The van der Waals surface area contributed by atoms with Gasteiger partial charge in [0.2, 0.25) is 11.8 Å².